The van der Waals surface area contributed by atoms with E-state index in [-0.39, 0.29) is 0 Å². The Labute approximate surface area is 332 Å². The van der Waals surface area contributed by atoms with Crippen molar-refractivity contribution in [2.45, 2.75) is 0 Å². The predicted molar refractivity (Wildman–Crippen MR) is 241 cm³/mol. The van der Waals surface area contributed by atoms with Gasteiger partial charge in [0, 0.05) is 54.5 Å². The zero-order valence-corrected chi connectivity index (χ0v) is 31.2. The van der Waals surface area contributed by atoms with Crippen LogP contribution in [0.5, 0.6) is 0 Å². The Morgan fingerprint density at radius 3 is 1.24 bits per heavy atom. The van der Waals surface area contributed by atoms with Gasteiger partial charge in [0.1, 0.15) is 22.3 Å². The summed E-state index contributed by atoms with van der Waals surface area (Å²) in [6, 6.07) is 69.7. The molecule has 4 heteroatoms. The molecule has 0 unspecified atom stereocenters. The molecule has 4 nitrogen and oxygen atoms in total. The summed E-state index contributed by atoms with van der Waals surface area (Å²) in [5.74, 6) is 0. The van der Waals surface area contributed by atoms with Gasteiger partial charge in [-0.1, -0.05) is 103 Å². The first-order valence-electron chi connectivity index (χ1n) is 19.7. The maximum absolute atomic E-state index is 6.47. The summed E-state index contributed by atoms with van der Waals surface area (Å²) in [7, 11) is 0. The van der Waals surface area contributed by atoms with Crippen LogP contribution in [0.4, 0.5) is 0 Å². The Kier molecular flexibility index (Phi) is 6.41. The summed E-state index contributed by atoms with van der Waals surface area (Å²) in [6.45, 7) is 0. The van der Waals surface area contributed by atoms with Crippen LogP contribution in [0.2, 0.25) is 0 Å². The second-order valence-corrected chi connectivity index (χ2v) is 15.3. The van der Waals surface area contributed by atoms with Gasteiger partial charge in [-0.15, -0.1) is 0 Å². The molecule has 0 saturated carbocycles. The van der Waals surface area contributed by atoms with Crippen LogP contribution in [-0.4, -0.2) is 9.13 Å². The molecular formula is C54H32N2O2. The first-order chi connectivity index (χ1) is 28.7. The third-order valence-corrected chi connectivity index (χ3v) is 12.1. The Morgan fingerprint density at radius 1 is 0.241 bits per heavy atom. The topological polar surface area (TPSA) is 36.1 Å². The number of hydrogen-bond acceptors (Lipinski definition) is 2. The summed E-state index contributed by atoms with van der Waals surface area (Å²) in [4.78, 5) is 0. The minimum Gasteiger partial charge on any atom is -0.456 e. The molecule has 13 aromatic rings. The lowest BCUT2D eigenvalue weighted by Crippen LogP contribution is -1.93. The van der Waals surface area contributed by atoms with Crippen molar-refractivity contribution in [3.8, 4) is 33.6 Å². The normalized spacial score (nSPS) is 12.1. The van der Waals surface area contributed by atoms with Crippen LogP contribution in [0.1, 0.15) is 0 Å². The number of fused-ring (bicyclic) bond motifs is 12. The van der Waals surface area contributed by atoms with E-state index >= 15 is 0 Å². The smallest absolute Gasteiger partial charge is 0.135 e. The molecule has 9 aromatic carbocycles. The Bertz CT molecular complexity index is 3800. The quantitative estimate of drug-likeness (QED) is 0.180. The van der Waals surface area contributed by atoms with Gasteiger partial charge in [0.2, 0.25) is 0 Å². The maximum Gasteiger partial charge on any atom is 0.135 e. The number of para-hydroxylation sites is 3. The van der Waals surface area contributed by atoms with Crippen LogP contribution in [-0.2, 0) is 0 Å². The molecule has 58 heavy (non-hydrogen) atoms. The monoisotopic (exact) mass is 740 g/mol. The minimum absolute atomic E-state index is 0.879. The van der Waals surface area contributed by atoms with Gasteiger partial charge in [-0.25, -0.2) is 0 Å². The van der Waals surface area contributed by atoms with Gasteiger partial charge >= 0.3 is 0 Å². The van der Waals surface area contributed by atoms with Crippen LogP contribution < -0.4 is 0 Å². The molecule has 0 saturated heterocycles. The highest BCUT2D eigenvalue weighted by molar-refractivity contribution is 6.14. The van der Waals surface area contributed by atoms with Crippen molar-refractivity contribution < 1.29 is 8.83 Å². The molecule has 4 heterocycles. The molecule has 270 valence electrons. The van der Waals surface area contributed by atoms with E-state index in [0.29, 0.717) is 0 Å². The number of furan rings is 2. The Hall–Kier alpha value is -7.82. The second-order valence-electron chi connectivity index (χ2n) is 15.3. The zero-order chi connectivity index (χ0) is 37.9. The van der Waals surface area contributed by atoms with Gasteiger partial charge in [0.05, 0.1) is 22.1 Å². The highest BCUT2D eigenvalue weighted by Gasteiger charge is 2.18. The molecular weight excluding hydrogens is 709 g/mol. The summed E-state index contributed by atoms with van der Waals surface area (Å²) in [5.41, 5.74) is 15.2. The van der Waals surface area contributed by atoms with E-state index in [4.69, 9.17) is 8.83 Å². The molecule has 4 aromatic heterocycles. The summed E-state index contributed by atoms with van der Waals surface area (Å²) < 4.78 is 17.4. The lowest BCUT2D eigenvalue weighted by Gasteiger charge is -2.09. The zero-order valence-electron chi connectivity index (χ0n) is 31.2. The average Bonchev–Trinajstić information content (AvgIpc) is 4.03. The maximum atomic E-state index is 6.47. The predicted octanol–water partition coefficient (Wildman–Crippen LogP) is 15.0. The third-order valence-electron chi connectivity index (χ3n) is 12.1. The van der Waals surface area contributed by atoms with Gasteiger partial charge in [-0.05, 0) is 113 Å². The standard InChI is InChI=1S/C54H32N2O2/c1-2-10-33(11-3-1)34-18-23-49-42(28-34)39-12-4-7-15-47(39)56(49)38-22-27-54-46(32-38)44-30-36(20-25-52(44)58-54)35-19-24-50-43(29-35)40-13-5-8-16-48(40)55(50)37-21-26-53-45(31-37)41-14-6-9-17-51(41)57-53/h1-32H. The molecule has 0 N–H and O–H groups in total. The number of benzene rings is 9. The number of aromatic nitrogens is 2. The lowest BCUT2D eigenvalue weighted by atomic mass is 10.0. The van der Waals surface area contributed by atoms with Crippen LogP contribution in [0.25, 0.3) is 121 Å². The summed E-state index contributed by atoms with van der Waals surface area (Å²) >= 11 is 0. The minimum atomic E-state index is 0.879. The highest BCUT2D eigenvalue weighted by atomic mass is 16.3. The van der Waals surface area contributed by atoms with Crippen molar-refractivity contribution in [1.82, 2.24) is 9.13 Å². The molecule has 0 aliphatic rings. The molecule has 0 atom stereocenters. The van der Waals surface area contributed by atoms with E-state index in [0.717, 1.165) is 66.4 Å². The van der Waals surface area contributed by atoms with Crippen LogP contribution >= 0.6 is 0 Å². The Balaban J connectivity index is 0.952. The fourth-order valence-corrected chi connectivity index (χ4v) is 9.43. The van der Waals surface area contributed by atoms with E-state index in [1.807, 2.05) is 12.1 Å². The first-order valence-corrected chi connectivity index (χ1v) is 19.7. The van der Waals surface area contributed by atoms with E-state index in [1.54, 1.807) is 0 Å². The largest absolute Gasteiger partial charge is 0.456 e. The molecule has 0 radical (unpaired) electrons. The fraction of sp³-hybridized carbons (Fsp3) is 0. The molecule has 0 spiro atoms. The van der Waals surface area contributed by atoms with Gasteiger partial charge < -0.3 is 18.0 Å². The second kappa shape index (κ2) is 11.8. The van der Waals surface area contributed by atoms with Crippen molar-refractivity contribution in [3.05, 3.63) is 194 Å². The van der Waals surface area contributed by atoms with Crippen molar-refractivity contribution in [2.24, 2.45) is 0 Å². The number of hydrogen-bond donors (Lipinski definition) is 0. The van der Waals surface area contributed by atoms with Gasteiger partial charge in [0.15, 0.2) is 0 Å². The van der Waals surface area contributed by atoms with Crippen LogP contribution in [0.15, 0.2) is 203 Å². The van der Waals surface area contributed by atoms with Gasteiger partial charge in [-0.2, -0.15) is 0 Å². The fourth-order valence-electron chi connectivity index (χ4n) is 9.43. The first kappa shape index (κ1) is 31.4. The number of nitrogens with zero attached hydrogens (tertiary/aromatic N) is 2. The van der Waals surface area contributed by atoms with Gasteiger partial charge in [-0.3, -0.25) is 0 Å². The van der Waals surface area contributed by atoms with E-state index in [9.17, 15) is 0 Å². The number of rotatable bonds is 4. The molecule has 0 bridgehead atoms. The van der Waals surface area contributed by atoms with E-state index < -0.39 is 0 Å². The molecule has 0 amide bonds. The van der Waals surface area contributed by atoms with Crippen LogP contribution in [0.3, 0.4) is 0 Å². The molecule has 0 aliphatic heterocycles. The SMILES string of the molecule is c1ccc(-c2ccc3c(c2)c2ccccc2n3-c2ccc3oc4ccc(-c5ccc6c(c5)c5ccccc5n6-c5ccc6oc7ccccc7c6c5)cc4c3c2)cc1. The lowest BCUT2D eigenvalue weighted by molar-refractivity contribution is 0.668. The average molecular weight is 741 g/mol. The van der Waals surface area contributed by atoms with Crippen molar-refractivity contribution in [2.75, 3.05) is 0 Å². The molecule has 0 aliphatic carbocycles. The van der Waals surface area contributed by atoms with Crippen molar-refractivity contribution >= 4 is 87.5 Å². The van der Waals surface area contributed by atoms with E-state index in [2.05, 4.69) is 191 Å². The Morgan fingerprint density at radius 2 is 0.638 bits per heavy atom. The van der Waals surface area contributed by atoms with E-state index in [1.165, 1.54) is 54.7 Å². The van der Waals surface area contributed by atoms with Crippen molar-refractivity contribution in [1.29, 1.82) is 0 Å². The highest BCUT2D eigenvalue weighted by Crippen LogP contribution is 2.40. The summed E-state index contributed by atoms with van der Waals surface area (Å²) in [6.07, 6.45) is 0. The van der Waals surface area contributed by atoms with Crippen molar-refractivity contribution in [3.63, 3.8) is 0 Å². The summed E-state index contributed by atoms with van der Waals surface area (Å²) in [5, 5.41) is 9.36. The van der Waals surface area contributed by atoms with Crippen LogP contribution in [0, 0.1) is 0 Å². The molecule has 0 fully saturated rings. The van der Waals surface area contributed by atoms with Gasteiger partial charge in [0.25, 0.3) is 0 Å². The third kappa shape index (κ3) is 4.51. The molecule has 13 rings (SSSR count).